The molecule has 0 unspecified atom stereocenters. The molecule has 1 amide bonds. The Morgan fingerprint density at radius 3 is 2.75 bits per heavy atom. The monoisotopic (exact) mass is 363 g/mol. The Morgan fingerprint density at radius 2 is 2.15 bits per heavy atom. The largest absolute Gasteiger partial charge is 0.444 e. The van der Waals surface area contributed by atoms with Crippen molar-refractivity contribution in [2.75, 3.05) is 18.4 Å². The summed E-state index contributed by atoms with van der Waals surface area (Å²) in [5, 5.41) is 6.35. The number of carbonyl (C=O) groups is 1. The number of anilines is 1. The van der Waals surface area contributed by atoms with E-state index in [1.807, 2.05) is 20.8 Å². The number of nitrogens with zero attached hydrogens (tertiary/aromatic N) is 1. The van der Waals surface area contributed by atoms with Gasteiger partial charge in [-0.15, -0.1) is 0 Å². The number of nitrogens with one attached hydrogen (secondary N) is 2. The van der Waals surface area contributed by atoms with Crippen molar-refractivity contribution in [1.82, 2.24) is 10.3 Å². The van der Waals surface area contributed by atoms with Crippen LogP contribution in [0.2, 0.25) is 5.02 Å². The highest BCUT2D eigenvalue weighted by molar-refractivity contribution is 9.10. The zero-order valence-electron chi connectivity index (χ0n) is 11.8. The first kappa shape index (κ1) is 17.0. The maximum absolute atomic E-state index is 11.4. The van der Waals surface area contributed by atoms with E-state index in [-0.39, 0.29) is 0 Å². The smallest absolute Gasteiger partial charge is 0.407 e. The maximum Gasteiger partial charge on any atom is 0.407 e. The molecule has 7 heteroatoms. The molecule has 0 aliphatic carbocycles. The fourth-order valence-electron chi connectivity index (χ4n) is 1.34. The van der Waals surface area contributed by atoms with E-state index >= 15 is 0 Å². The average molecular weight is 365 g/mol. The van der Waals surface area contributed by atoms with Gasteiger partial charge in [-0.1, -0.05) is 11.6 Å². The SMILES string of the molecule is CC(C)(C)OC(=O)NCCCNc1ncc(Br)cc1Cl. The Morgan fingerprint density at radius 1 is 1.45 bits per heavy atom. The number of ether oxygens (including phenoxy) is 1. The van der Waals surface area contributed by atoms with E-state index < -0.39 is 11.7 Å². The minimum Gasteiger partial charge on any atom is -0.444 e. The maximum atomic E-state index is 11.4. The average Bonchev–Trinajstić information content (AvgIpc) is 2.28. The summed E-state index contributed by atoms with van der Waals surface area (Å²) in [6.45, 7) is 6.67. The molecule has 0 aromatic carbocycles. The molecule has 20 heavy (non-hydrogen) atoms. The van der Waals surface area contributed by atoms with Crippen LogP contribution in [0.3, 0.4) is 0 Å². The van der Waals surface area contributed by atoms with Crippen molar-refractivity contribution in [3.8, 4) is 0 Å². The Kier molecular flexibility index (Phi) is 6.55. The predicted octanol–water partition coefficient (Wildman–Crippen LogP) is 3.82. The van der Waals surface area contributed by atoms with Gasteiger partial charge >= 0.3 is 6.09 Å². The van der Waals surface area contributed by atoms with Gasteiger partial charge in [-0.25, -0.2) is 9.78 Å². The van der Waals surface area contributed by atoms with E-state index in [1.54, 1.807) is 12.3 Å². The zero-order chi connectivity index (χ0) is 15.2. The minimum atomic E-state index is -0.475. The molecule has 1 heterocycles. The molecule has 0 saturated heterocycles. The van der Waals surface area contributed by atoms with Gasteiger partial charge in [-0.2, -0.15) is 0 Å². The Bertz CT molecular complexity index is 463. The van der Waals surface area contributed by atoms with Crippen LogP contribution in [0.15, 0.2) is 16.7 Å². The van der Waals surface area contributed by atoms with Crippen LogP contribution in [0.1, 0.15) is 27.2 Å². The summed E-state index contributed by atoms with van der Waals surface area (Å²) < 4.78 is 5.96. The summed E-state index contributed by atoms with van der Waals surface area (Å²) in [4.78, 5) is 15.5. The zero-order valence-corrected chi connectivity index (χ0v) is 14.1. The van der Waals surface area contributed by atoms with Crippen LogP contribution in [-0.2, 0) is 4.74 Å². The number of amides is 1. The van der Waals surface area contributed by atoms with Gasteiger partial charge in [0.05, 0.1) is 5.02 Å². The van der Waals surface area contributed by atoms with Gasteiger partial charge in [0, 0.05) is 23.8 Å². The van der Waals surface area contributed by atoms with Crippen LogP contribution in [0.25, 0.3) is 0 Å². The summed E-state index contributed by atoms with van der Waals surface area (Å²) in [7, 11) is 0. The third kappa shape index (κ3) is 6.96. The van der Waals surface area contributed by atoms with Crippen molar-refractivity contribution in [3.63, 3.8) is 0 Å². The summed E-state index contributed by atoms with van der Waals surface area (Å²) in [6.07, 6.45) is 2.01. The molecule has 0 bridgehead atoms. The highest BCUT2D eigenvalue weighted by atomic mass is 79.9. The molecule has 1 rings (SSSR count). The second-order valence-corrected chi connectivity index (χ2v) is 6.52. The minimum absolute atomic E-state index is 0.405. The van der Waals surface area contributed by atoms with Gasteiger partial charge in [0.2, 0.25) is 0 Å². The fourth-order valence-corrected chi connectivity index (χ4v) is 2.04. The van der Waals surface area contributed by atoms with Crippen molar-refractivity contribution in [3.05, 3.63) is 21.8 Å². The number of carbonyl (C=O) groups excluding carboxylic acids is 1. The molecule has 0 aliphatic heterocycles. The lowest BCUT2D eigenvalue weighted by atomic mass is 10.2. The van der Waals surface area contributed by atoms with Gasteiger partial charge in [0.15, 0.2) is 0 Å². The Labute approximate surface area is 132 Å². The first-order chi connectivity index (χ1) is 9.28. The van der Waals surface area contributed by atoms with Crippen molar-refractivity contribution in [2.45, 2.75) is 32.8 Å². The normalized spacial score (nSPS) is 11.1. The molecule has 2 N–H and O–H groups in total. The second kappa shape index (κ2) is 7.69. The van der Waals surface area contributed by atoms with Crippen LogP contribution in [0.5, 0.6) is 0 Å². The van der Waals surface area contributed by atoms with E-state index in [4.69, 9.17) is 16.3 Å². The van der Waals surface area contributed by atoms with Gasteiger partial charge in [0.1, 0.15) is 11.4 Å². The Hall–Kier alpha value is -1.01. The van der Waals surface area contributed by atoms with Gasteiger partial charge in [-0.3, -0.25) is 0 Å². The van der Waals surface area contributed by atoms with E-state index in [1.165, 1.54) is 0 Å². The number of pyridine rings is 1. The summed E-state index contributed by atoms with van der Waals surface area (Å²) >= 11 is 9.31. The first-order valence-corrected chi connectivity index (χ1v) is 7.47. The Balaban J connectivity index is 2.21. The summed E-state index contributed by atoms with van der Waals surface area (Å²) in [5.41, 5.74) is -0.475. The van der Waals surface area contributed by atoms with Gasteiger partial charge < -0.3 is 15.4 Å². The van der Waals surface area contributed by atoms with E-state index in [9.17, 15) is 4.79 Å². The number of hydrogen-bond acceptors (Lipinski definition) is 4. The van der Waals surface area contributed by atoms with Crippen LogP contribution in [0, 0.1) is 0 Å². The van der Waals surface area contributed by atoms with Crippen LogP contribution in [0.4, 0.5) is 10.6 Å². The third-order valence-corrected chi connectivity index (χ3v) is 2.84. The van der Waals surface area contributed by atoms with E-state index in [0.717, 1.165) is 10.9 Å². The predicted molar refractivity (Wildman–Crippen MR) is 84.3 cm³/mol. The molecule has 0 saturated carbocycles. The molecule has 1 aromatic heterocycles. The lowest BCUT2D eigenvalue weighted by Gasteiger charge is -2.19. The molecule has 0 radical (unpaired) electrons. The summed E-state index contributed by atoms with van der Waals surface area (Å²) in [6, 6.07) is 1.77. The molecule has 0 aliphatic rings. The third-order valence-electron chi connectivity index (χ3n) is 2.12. The van der Waals surface area contributed by atoms with E-state index in [0.29, 0.717) is 23.9 Å². The standard InChI is InChI=1S/C13H19BrClN3O2/c1-13(2,3)20-12(19)17-6-4-5-16-11-10(15)7-9(14)8-18-11/h7-8H,4-6H2,1-3H3,(H,16,18)(H,17,19). The number of halogens is 2. The van der Waals surface area contributed by atoms with Crippen LogP contribution < -0.4 is 10.6 Å². The van der Waals surface area contributed by atoms with Crippen LogP contribution >= 0.6 is 27.5 Å². The highest BCUT2D eigenvalue weighted by Gasteiger charge is 2.15. The quantitative estimate of drug-likeness (QED) is 0.780. The lowest BCUT2D eigenvalue weighted by molar-refractivity contribution is 0.0528. The van der Waals surface area contributed by atoms with E-state index in [2.05, 4.69) is 31.5 Å². The second-order valence-electron chi connectivity index (χ2n) is 5.19. The highest BCUT2D eigenvalue weighted by Crippen LogP contribution is 2.22. The van der Waals surface area contributed by atoms with Gasteiger partial charge in [-0.05, 0) is 49.2 Å². The molecule has 0 atom stereocenters. The molecule has 0 fully saturated rings. The number of aromatic nitrogens is 1. The van der Waals surface area contributed by atoms with Crippen molar-refractivity contribution in [2.24, 2.45) is 0 Å². The van der Waals surface area contributed by atoms with Crippen molar-refractivity contribution in [1.29, 1.82) is 0 Å². The molecular formula is C13H19BrClN3O2. The molecule has 112 valence electrons. The lowest BCUT2D eigenvalue weighted by Crippen LogP contribution is -2.33. The molecule has 1 aromatic rings. The van der Waals surface area contributed by atoms with Crippen molar-refractivity contribution >= 4 is 39.4 Å². The summed E-state index contributed by atoms with van der Waals surface area (Å²) in [5.74, 6) is 0.632. The molecular weight excluding hydrogens is 346 g/mol. The fraction of sp³-hybridized carbons (Fsp3) is 0.538. The first-order valence-electron chi connectivity index (χ1n) is 6.30. The molecule has 5 nitrogen and oxygen atoms in total. The number of rotatable bonds is 5. The topological polar surface area (TPSA) is 63.2 Å². The molecule has 0 spiro atoms. The van der Waals surface area contributed by atoms with Gasteiger partial charge in [0.25, 0.3) is 0 Å². The number of hydrogen-bond donors (Lipinski definition) is 2. The van der Waals surface area contributed by atoms with Crippen molar-refractivity contribution < 1.29 is 9.53 Å². The number of alkyl carbamates (subject to hydrolysis) is 1. The van der Waals surface area contributed by atoms with Crippen LogP contribution in [-0.4, -0.2) is 29.8 Å².